The number of ether oxygens (including phenoxy) is 2. The molecule has 3 atom stereocenters. The van der Waals surface area contributed by atoms with Gasteiger partial charge in [-0.25, -0.2) is 0 Å². The van der Waals surface area contributed by atoms with Crippen LogP contribution >= 0.6 is 0 Å². The summed E-state index contributed by atoms with van der Waals surface area (Å²) in [5.41, 5.74) is -0.489. The molecule has 0 aromatic heterocycles. The molecule has 2 aliphatic rings. The zero-order valence-electron chi connectivity index (χ0n) is 13.0. The Morgan fingerprint density at radius 2 is 2.30 bits per heavy atom. The van der Waals surface area contributed by atoms with Crippen LogP contribution in [0.15, 0.2) is 0 Å². The minimum absolute atomic E-state index is 0.0914. The number of nitrogens with one attached hydrogen (secondary N) is 1. The number of rotatable bonds is 5. The predicted molar refractivity (Wildman–Crippen MR) is 77.7 cm³/mol. The largest absolute Gasteiger partial charge is 0.465 e. The van der Waals surface area contributed by atoms with Gasteiger partial charge < -0.3 is 14.8 Å². The molecule has 1 N–H and O–H groups in total. The molecule has 1 saturated heterocycles. The molecule has 0 bridgehead atoms. The summed E-state index contributed by atoms with van der Waals surface area (Å²) in [6, 6.07) is 0.948. The van der Waals surface area contributed by atoms with Gasteiger partial charge in [0.25, 0.3) is 0 Å². The maximum Gasteiger partial charge on any atom is 0.326 e. The number of morpholine rings is 1. The monoisotopic (exact) mass is 284 g/mol. The van der Waals surface area contributed by atoms with Gasteiger partial charge in [-0.15, -0.1) is 0 Å². The summed E-state index contributed by atoms with van der Waals surface area (Å²) in [5.74, 6) is -0.0914. The second-order valence-electron chi connectivity index (χ2n) is 5.82. The Balaban J connectivity index is 2.04. The first-order valence-corrected chi connectivity index (χ1v) is 7.86. The van der Waals surface area contributed by atoms with Crippen molar-refractivity contribution in [2.24, 2.45) is 0 Å². The van der Waals surface area contributed by atoms with Gasteiger partial charge in [0.2, 0.25) is 0 Å². The van der Waals surface area contributed by atoms with E-state index in [-0.39, 0.29) is 5.97 Å². The number of carbonyl (C=O) groups is 1. The highest BCUT2D eigenvalue weighted by molar-refractivity contribution is 5.81. The summed E-state index contributed by atoms with van der Waals surface area (Å²) < 4.78 is 10.8. The molecule has 1 heterocycles. The number of hydrogen-bond acceptors (Lipinski definition) is 5. The van der Waals surface area contributed by atoms with Crippen LogP contribution in [0.5, 0.6) is 0 Å². The molecule has 2 rings (SSSR count). The lowest BCUT2D eigenvalue weighted by molar-refractivity contribution is -0.151. The highest BCUT2D eigenvalue weighted by atomic mass is 16.5. The van der Waals surface area contributed by atoms with Crippen molar-refractivity contribution in [1.29, 1.82) is 0 Å². The third-order valence-electron chi connectivity index (χ3n) is 4.85. The van der Waals surface area contributed by atoms with E-state index in [9.17, 15) is 4.79 Å². The standard InChI is InChI=1S/C15H28N2O3/c1-4-12-11-19-9-8-17(12)13-6-7-15(10-13,16-3)14(18)20-5-2/h12-13,16H,4-11H2,1-3H3. The Kier molecular flexibility index (Phi) is 5.41. The second kappa shape index (κ2) is 6.87. The lowest BCUT2D eigenvalue weighted by Gasteiger charge is -2.40. The van der Waals surface area contributed by atoms with Gasteiger partial charge in [-0.05, 0) is 39.7 Å². The Bertz CT molecular complexity index is 337. The zero-order chi connectivity index (χ0) is 14.6. The van der Waals surface area contributed by atoms with Crippen LogP contribution < -0.4 is 5.32 Å². The molecule has 3 unspecified atom stereocenters. The van der Waals surface area contributed by atoms with Gasteiger partial charge in [0.15, 0.2) is 0 Å². The van der Waals surface area contributed by atoms with E-state index in [1.165, 1.54) is 0 Å². The third-order valence-corrected chi connectivity index (χ3v) is 4.85. The summed E-state index contributed by atoms with van der Waals surface area (Å²) in [7, 11) is 1.87. The smallest absolute Gasteiger partial charge is 0.326 e. The van der Waals surface area contributed by atoms with E-state index >= 15 is 0 Å². The number of likely N-dealkylation sites (N-methyl/N-ethyl adjacent to an activating group) is 1. The molecule has 0 amide bonds. The average molecular weight is 284 g/mol. The Morgan fingerprint density at radius 1 is 1.50 bits per heavy atom. The molecule has 0 radical (unpaired) electrons. The van der Waals surface area contributed by atoms with Crippen molar-refractivity contribution >= 4 is 5.97 Å². The van der Waals surface area contributed by atoms with E-state index in [0.29, 0.717) is 18.7 Å². The zero-order valence-corrected chi connectivity index (χ0v) is 13.0. The van der Waals surface area contributed by atoms with Crippen molar-refractivity contribution in [3.63, 3.8) is 0 Å². The quantitative estimate of drug-likeness (QED) is 0.768. The summed E-state index contributed by atoms with van der Waals surface area (Å²) in [4.78, 5) is 14.8. The summed E-state index contributed by atoms with van der Waals surface area (Å²) in [6.45, 7) is 7.12. The molecule has 0 spiro atoms. The predicted octanol–water partition coefficient (Wildman–Crippen LogP) is 1.17. The van der Waals surface area contributed by atoms with Crippen LogP contribution in [0.3, 0.4) is 0 Å². The van der Waals surface area contributed by atoms with Crippen LogP contribution in [0.4, 0.5) is 0 Å². The average Bonchev–Trinajstić information content (AvgIpc) is 2.93. The number of carbonyl (C=O) groups excluding carboxylic acids is 1. The SMILES string of the molecule is CCOC(=O)C1(NC)CCC(N2CCOCC2CC)C1. The van der Waals surface area contributed by atoms with Gasteiger partial charge in [-0.3, -0.25) is 9.69 Å². The molecule has 1 saturated carbocycles. The van der Waals surface area contributed by atoms with E-state index in [4.69, 9.17) is 9.47 Å². The second-order valence-corrected chi connectivity index (χ2v) is 5.82. The van der Waals surface area contributed by atoms with E-state index in [2.05, 4.69) is 17.1 Å². The topological polar surface area (TPSA) is 50.8 Å². The molecule has 116 valence electrons. The van der Waals surface area contributed by atoms with Crippen LogP contribution in [-0.2, 0) is 14.3 Å². The molecular weight excluding hydrogens is 256 g/mol. The summed E-state index contributed by atoms with van der Waals surface area (Å²) in [6.07, 6.45) is 3.86. The van der Waals surface area contributed by atoms with Crippen molar-refractivity contribution in [1.82, 2.24) is 10.2 Å². The number of hydrogen-bond donors (Lipinski definition) is 1. The van der Waals surface area contributed by atoms with Gasteiger partial charge in [0.05, 0.1) is 19.8 Å². The van der Waals surface area contributed by atoms with Crippen LogP contribution in [0.1, 0.15) is 39.5 Å². The molecule has 1 aliphatic carbocycles. The Morgan fingerprint density at radius 3 is 2.95 bits per heavy atom. The highest BCUT2D eigenvalue weighted by Crippen LogP contribution is 2.35. The molecule has 1 aliphatic heterocycles. The lowest BCUT2D eigenvalue weighted by atomic mass is 9.97. The lowest BCUT2D eigenvalue weighted by Crippen LogP contribution is -2.53. The van der Waals surface area contributed by atoms with Gasteiger partial charge in [-0.1, -0.05) is 6.92 Å². The molecule has 5 nitrogen and oxygen atoms in total. The van der Waals surface area contributed by atoms with Gasteiger partial charge in [0, 0.05) is 18.6 Å². The van der Waals surface area contributed by atoms with Crippen molar-refractivity contribution in [2.45, 2.75) is 57.2 Å². The maximum absolute atomic E-state index is 12.2. The highest BCUT2D eigenvalue weighted by Gasteiger charge is 2.48. The molecule has 0 aromatic carbocycles. The van der Waals surface area contributed by atoms with Crippen LogP contribution in [0, 0.1) is 0 Å². The van der Waals surface area contributed by atoms with E-state index in [1.54, 1.807) is 0 Å². The molecule has 5 heteroatoms. The van der Waals surface area contributed by atoms with Crippen LogP contribution in [0.2, 0.25) is 0 Å². The van der Waals surface area contributed by atoms with E-state index in [0.717, 1.165) is 45.4 Å². The van der Waals surface area contributed by atoms with Crippen molar-refractivity contribution < 1.29 is 14.3 Å². The summed E-state index contributed by atoms with van der Waals surface area (Å²) in [5, 5.41) is 3.23. The van der Waals surface area contributed by atoms with E-state index < -0.39 is 5.54 Å². The van der Waals surface area contributed by atoms with Crippen molar-refractivity contribution in [2.75, 3.05) is 33.4 Å². The Hall–Kier alpha value is -0.650. The minimum Gasteiger partial charge on any atom is -0.465 e. The first-order chi connectivity index (χ1) is 9.66. The van der Waals surface area contributed by atoms with Crippen LogP contribution in [-0.4, -0.2) is 61.9 Å². The minimum atomic E-state index is -0.489. The van der Waals surface area contributed by atoms with E-state index in [1.807, 2.05) is 14.0 Å². The van der Waals surface area contributed by atoms with Gasteiger partial charge in [0.1, 0.15) is 5.54 Å². The number of esters is 1. The fourth-order valence-electron chi connectivity index (χ4n) is 3.59. The molecule has 0 aromatic rings. The van der Waals surface area contributed by atoms with Gasteiger partial charge in [-0.2, -0.15) is 0 Å². The van der Waals surface area contributed by atoms with Crippen LogP contribution in [0.25, 0.3) is 0 Å². The van der Waals surface area contributed by atoms with Crippen molar-refractivity contribution in [3.8, 4) is 0 Å². The normalized spacial score (nSPS) is 35.1. The number of nitrogens with zero attached hydrogens (tertiary/aromatic N) is 1. The molecule has 2 fully saturated rings. The Labute approximate surface area is 122 Å². The fourth-order valence-corrected chi connectivity index (χ4v) is 3.59. The molecular formula is C15H28N2O3. The van der Waals surface area contributed by atoms with Crippen molar-refractivity contribution in [3.05, 3.63) is 0 Å². The van der Waals surface area contributed by atoms with Gasteiger partial charge >= 0.3 is 5.97 Å². The first kappa shape index (κ1) is 15.7. The summed E-state index contributed by atoms with van der Waals surface area (Å²) >= 11 is 0. The fraction of sp³-hybridized carbons (Fsp3) is 0.933. The third kappa shape index (κ3) is 3.00. The maximum atomic E-state index is 12.2. The first-order valence-electron chi connectivity index (χ1n) is 7.86. The molecule has 20 heavy (non-hydrogen) atoms.